The molecule has 0 spiro atoms. The Balaban J connectivity index is 1.90. The van der Waals surface area contributed by atoms with E-state index in [0.29, 0.717) is 23.0 Å². The number of Topliss-reactive ketones (excluding diaryl/α,β-unsaturated/α-hetero) is 1. The molecule has 1 aromatic carbocycles. The number of ketones is 1. The summed E-state index contributed by atoms with van der Waals surface area (Å²) >= 11 is 7.34. The maximum absolute atomic E-state index is 12.1. The molecule has 114 valence electrons. The summed E-state index contributed by atoms with van der Waals surface area (Å²) in [7, 11) is 0. The average molecular weight is 335 g/mol. The van der Waals surface area contributed by atoms with Crippen molar-refractivity contribution in [2.24, 2.45) is 10.4 Å². The molecule has 0 atom stereocenters. The summed E-state index contributed by atoms with van der Waals surface area (Å²) in [5.74, 6) is 0.0239. The minimum atomic E-state index is -0.203. The highest BCUT2D eigenvalue weighted by Crippen LogP contribution is 2.35. The molecular weight excluding hydrogens is 320 g/mol. The third-order valence-electron chi connectivity index (χ3n) is 3.54. The van der Waals surface area contributed by atoms with Gasteiger partial charge in [-0.05, 0) is 23.6 Å². The van der Waals surface area contributed by atoms with Gasteiger partial charge in [-0.1, -0.05) is 36.8 Å². The first-order valence-electron chi connectivity index (χ1n) is 6.89. The third-order valence-corrected chi connectivity index (χ3v) is 4.70. The molecule has 1 aromatic heterocycles. The minimum absolute atomic E-state index is 0.0818. The van der Waals surface area contributed by atoms with Gasteiger partial charge in [0.2, 0.25) is 5.13 Å². The highest BCUT2D eigenvalue weighted by molar-refractivity contribution is 7.22. The van der Waals surface area contributed by atoms with Crippen molar-refractivity contribution in [1.82, 2.24) is 4.98 Å². The lowest BCUT2D eigenvalue weighted by Crippen LogP contribution is -2.26. The van der Waals surface area contributed by atoms with Gasteiger partial charge in [-0.2, -0.15) is 0 Å². The van der Waals surface area contributed by atoms with Gasteiger partial charge in [0.1, 0.15) is 5.76 Å². The summed E-state index contributed by atoms with van der Waals surface area (Å²) in [4.78, 5) is 20.7. The van der Waals surface area contributed by atoms with Crippen molar-refractivity contribution in [3.8, 4) is 0 Å². The van der Waals surface area contributed by atoms with Crippen LogP contribution >= 0.6 is 22.9 Å². The first kappa shape index (κ1) is 15.2. The number of fused-ring (bicyclic) bond motifs is 1. The van der Waals surface area contributed by atoms with Crippen LogP contribution in [0.2, 0.25) is 5.02 Å². The summed E-state index contributed by atoms with van der Waals surface area (Å²) in [6.07, 6.45) is 2.32. The molecule has 1 aliphatic rings. The minimum Gasteiger partial charge on any atom is -0.511 e. The Kier molecular flexibility index (Phi) is 3.78. The van der Waals surface area contributed by atoms with Gasteiger partial charge in [-0.3, -0.25) is 4.79 Å². The van der Waals surface area contributed by atoms with Gasteiger partial charge >= 0.3 is 0 Å². The van der Waals surface area contributed by atoms with E-state index in [1.54, 1.807) is 6.07 Å². The van der Waals surface area contributed by atoms with Gasteiger partial charge in [-0.15, -0.1) is 0 Å². The lowest BCUT2D eigenvalue weighted by atomic mass is 9.77. The van der Waals surface area contributed by atoms with E-state index in [1.165, 1.54) is 17.6 Å². The molecule has 2 aromatic rings. The number of hydrogen-bond acceptors (Lipinski definition) is 5. The zero-order valence-electron chi connectivity index (χ0n) is 12.3. The fraction of sp³-hybridized carbons (Fsp3) is 0.312. The molecule has 0 aliphatic heterocycles. The van der Waals surface area contributed by atoms with Gasteiger partial charge in [0.25, 0.3) is 0 Å². The Morgan fingerprint density at radius 2 is 2.18 bits per heavy atom. The fourth-order valence-corrected chi connectivity index (χ4v) is 3.60. The second kappa shape index (κ2) is 5.48. The van der Waals surface area contributed by atoms with Crippen LogP contribution in [0.4, 0.5) is 5.13 Å². The zero-order valence-corrected chi connectivity index (χ0v) is 13.8. The van der Waals surface area contributed by atoms with Gasteiger partial charge in [0.15, 0.2) is 5.78 Å². The summed E-state index contributed by atoms with van der Waals surface area (Å²) in [6.45, 7) is 3.93. The zero-order chi connectivity index (χ0) is 15.9. The van der Waals surface area contributed by atoms with Crippen LogP contribution in [0.5, 0.6) is 0 Å². The van der Waals surface area contributed by atoms with Crippen LogP contribution in [-0.2, 0) is 4.79 Å². The molecule has 6 heteroatoms. The number of allylic oxidation sites excluding steroid dienone is 2. The largest absolute Gasteiger partial charge is 0.511 e. The Bertz CT molecular complexity index is 821. The number of nitrogens with zero attached hydrogens (tertiary/aromatic N) is 2. The summed E-state index contributed by atoms with van der Waals surface area (Å²) in [5.41, 5.74) is 0.901. The molecule has 0 bridgehead atoms. The quantitative estimate of drug-likeness (QED) is 0.798. The topological polar surface area (TPSA) is 62.5 Å². The van der Waals surface area contributed by atoms with Crippen molar-refractivity contribution in [2.45, 2.75) is 26.7 Å². The first-order valence-corrected chi connectivity index (χ1v) is 8.09. The number of hydrogen-bond donors (Lipinski definition) is 1. The molecule has 0 unspecified atom stereocenters. The average Bonchev–Trinajstić information content (AvgIpc) is 2.78. The number of aliphatic imine (C=N–C) groups is 1. The Morgan fingerprint density at radius 3 is 2.91 bits per heavy atom. The van der Waals surface area contributed by atoms with Crippen molar-refractivity contribution < 1.29 is 9.90 Å². The normalized spacial score (nSPS) is 18.6. The van der Waals surface area contributed by atoms with E-state index < -0.39 is 0 Å². The van der Waals surface area contributed by atoms with Crippen molar-refractivity contribution in [2.75, 3.05) is 0 Å². The molecule has 3 rings (SSSR count). The highest BCUT2D eigenvalue weighted by Gasteiger charge is 2.32. The first-order chi connectivity index (χ1) is 10.3. The summed E-state index contributed by atoms with van der Waals surface area (Å²) in [5, 5.41) is 11.2. The van der Waals surface area contributed by atoms with Crippen LogP contribution < -0.4 is 0 Å². The number of rotatable bonds is 2. The van der Waals surface area contributed by atoms with Crippen LogP contribution in [-0.4, -0.2) is 22.1 Å². The van der Waals surface area contributed by atoms with Crippen molar-refractivity contribution in [3.05, 3.63) is 34.6 Å². The van der Waals surface area contributed by atoms with Gasteiger partial charge in [-0.25, -0.2) is 9.98 Å². The Labute approximate surface area is 137 Å². The number of benzene rings is 1. The van der Waals surface area contributed by atoms with Crippen LogP contribution in [0.25, 0.3) is 10.2 Å². The van der Waals surface area contributed by atoms with E-state index in [2.05, 4.69) is 9.98 Å². The third kappa shape index (κ3) is 3.05. The number of carbonyl (C=O) groups is 1. The number of aliphatic hydroxyl groups excluding tert-OH is 1. The molecule has 1 heterocycles. The van der Waals surface area contributed by atoms with E-state index >= 15 is 0 Å². The van der Waals surface area contributed by atoms with Crippen molar-refractivity contribution >= 4 is 50.3 Å². The standard InChI is InChI=1S/C16H15ClN2O2S/c1-16(2)6-12(20)10(13(21)7-16)8-18-15-19-11-4-3-9(17)5-14(11)22-15/h3-5,8,20H,6-7H2,1-2H3/b18-8+. The molecule has 22 heavy (non-hydrogen) atoms. The molecule has 0 radical (unpaired) electrons. The molecular formula is C16H15ClN2O2S. The number of aromatic nitrogens is 1. The van der Waals surface area contributed by atoms with E-state index in [1.807, 2.05) is 26.0 Å². The SMILES string of the molecule is CC1(C)CC(=O)C(/C=N/c2nc3ccc(Cl)cc3s2)=C(O)C1. The molecule has 0 saturated carbocycles. The maximum Gasteiger partial charge on any atom is 0.210 e. The predicted octanol–water partition coefficient (Wildman–Crippen LogP) is 4.85. The van der Waals surface area contributed by atoms with E-state index in [9.17, 15) is 9.90 Å². The second-order valence-electron chi connectivity index (χ2n) is 6.17. The lowest BCUT2D eigenvalue weighted by Gasteiger charge is -2.28. The molecule has 0 fully saturated rings. The molecule has 0 amide bonds. The van der Waals surface area contributed by atoms with Gasteiger partial charge in [0, 0.05) is 24.1 Å². The smallest absolute Gasteiger partial charge is 0.210 e. The van der Waals surface area contributed by atoms with Crippen LogP contribution in [0.15, 0.2) is 34.5 Å². The molecule has 0 saturated heterocycles. The van der Waals surface area contributed by atoms with Crippen molar-refractivity contribution in [1.29, 1.82) is 0 Å². The van der Waals surface area contributed by atoms with Crippen LogP contribution in [0.3, 0.4) is 0 Å². The lowest BCUT2D eigenvalue weighted by molar-refractivity contribution is -0.117. The molecule has 4 nitrogen and oxygen atoms in total. The van der Waals surface area contributed by atoms with Crippen LogP contribution in [0.1, 0.15) is 26.7 Å². The number of carbonyl (C=O) groups excluding carboxylic acids is 1. The van der Waals surface area contributed by atoms with E-state index in [0.717, 1.165) is 10.2 Å². The Hall–Kier alpha value is -1.72. The summed E-state index contributed by atoms with van der Waals surface area (Å²) < 4.78 is 0.939. The van der Waals surface area contributed by atoms with E-state index in [-0.39, 0.29) is 22.5 Å². The Morgan fingerprint density at radius 1 is 1.41 bits per heavy atom. The number of thiazole rings is 1. The van der Waals surface area contributed by atoms with Crippen LogP contribution in [0, 0.1) is 5.41 Å². The number of aliphatic hydroxyl groups is 1. The monoisotopic (exact) mass is 334 g/mol. The summed E-state index contributed by atoms with van der Waals surface area (Å²) in [6, 6.07) is 5.44. The molecule has 1 N–H and O–H groups in total. The van der Waals surface area contributed by atoms with Gasteiger partial charge < -0.3 is 5.11 Å². The maximum atomic E-state index is 12.1. The second-order valence-corrected chi connectivity index (χ2v) is 7.61. The van der Waals surface area contributed by atoms with Crippen molar-refractivity contribution in [3.63, 3.8) is 0 Å². The van der Waals surface area contributed by atoms with Gasteiger partial charge in [0.05, 0.1) is 15.8 Å². The van der Waals surface area contributed by atoms with E-state index in [4.69, 9.17) is 11.6 Å². The highest BCUT2D eigenvalue weighted by atomic mass is 35.5. The molecule has 1 aliphatic carbocycles. The fourth-order valence-electron chi connectivity index (χ4n) is 2.51. The number of halogens is 1. The predicted molar refractivity (Wildman–Crippen MR) is 90.5 cm³/mol.